The van der Waals surface area contributed by atoms with E-state index in [1.807, 2.05) is 6.92 Å². The molecule has 5 nitrogen and oxygen atoms in total. The Hall–Kier alpha value is -2.06. The zero-order valence-electron chi connectivity index (χ0n) is 11.2. The zero-order valence-corrected chi connectivity index (χ0v) is 11.2. The molecule has 5 heteroatoms. The fourth-order valence-electron chi connectivity index (χ4n) is 1.47. The third kappa shape index (κ3) is 4.60. The Kier molecular flexibility index (Phi) is 5.34. The number of nitriles is 1. The van der Waals surface area contributed by atoms with E-state index in [1.54, 1.807) is 31.2 Å². The quantitative estimate of drug-likeness (QED) is 0.758. The van der Waals surface area contributed by atoms with Crippen molar-refractivity contribution in [1.29, 1.82) is 5.26 Å². The number of aliphatic hydroxyl groups is 1. The summed E-state index contributed by atoms with van der Waals surface area (Å²) in [5, 5.41) is 23.2. The number of nitrogens with zero attached hydrogens (tertiary/aromatic N) is 1. The number of nitrogens with one attached hydrogen (secondary N) is 2. The van der Waals surface area contributed by atoms with Gasteiger partial charge in [-0.25, -0.2) is 4.79 Å². The van der Waals surface area contributed by atoms with Gasteiger partial charge in [-0.1, -0.05) is 19.1 Å². The molecule has 0 aromatic heterocycles. The first-order valence-corrected chi connectivity index (χ1v) is 6.19. The molecule has 1 atom stereocenters. The van der Waals surface area contributed by atoms with Gasteiger partial charge < -0.3 is 15.7 Å². The molecular formula is C14H19N3O2. The van der Waals surface area contributed by atoms with Crippen LogP contribution in [0.15, 0.2) is 24.3 Å². The molecule has 1 aromatic carbocycles. The van der Waals surface area contributed by atoms with Crippen LogP contribution in [0.25, 0.3) is 0 Å². The van der Waals surface area contributed by atoms with Gasteiger partial charge in [-0.2, -0.15) is 5.26 Å². The van der Waals surface area contributed by atoms with Gasteiger partial charge in [-0.05, 0) is 31.0 Å². The first-order valence-electron chi connectivity index (χ1n) is 6.19. The maximum Gasteiger partial charge on any atom is 0.319 e. The van der Waals surface area contributed by atoms with E-state index in [4.69, 9.17) is 5.26 Å². The minimum absolute atomic E-state index is 0.113. The van der Waals surface area contributed by atoms with Crippen molar-refractivity contribution in [2.75, 3.05) is 11.9 Å². The molecule has 2 amide bonds. The highest BCUT2D eigenvalue weighted by atomic mass is 16.3. The lowest BCUT2D eigenvalue weighted by molar-refractivity contribution is 0.172. The molecule has 0 spiro atoms. The summed E-state index contributed by atoms with van der Waals surface area (Å²) in [4.78, 5) is 11.8. The fourth-order valence-corrected chi connectivity index (χ4v) is 1.47. The highest BCUT2D eigenvalue weighted by molar-refractivity contribution is 5.89. The second kappa shape index (κ2) is 6.76. The maximum absolute atomic E-state index is 11.8. The third-order valence-electron chi connectivity index (χ3n) is 3.04. The maximum atomic E-state index is 11.8. The molecule has 1 unspecified atom stereocenters. The van der Waals surface area contributed by atoms with Crippen LogP contribution in [0.5, 0.6) is 0 Å². The minimum atomic E-state index is -0.620. The summed E-state index contributed by atoms with van der Waals surface area (Å²) in [5.74, 6) is 0. The van der Waals surface area contributed by atoms with Crippen LogP contribution in [0.3, 0.4) is 0 Å². The Morgan fingerprint density at radius 2 is 2.05 bits per heavy atom. The number of hydrogen-bond acceptors (Lipinski definition) is 3. The van der Waals surface area contributed by atoms with Crippen LogP contribution in [0, 0.1) is 11.3 Å². The van der Waals surface area contributed by atoms with E-state index in [1.165, 1.54) is 0 Å². The summed E-state index contributed by atoms with van der Waals surface area (Å²) in [6, 6.07) is 8.79. The predicted octanol–water partition coefficient (Wildman–Crippen LogP) is 2.04. The molecule has 19 heavy (non-hydrogen) atoms. The number of urea groups is 1. The Balaban J connectivity index is 2.60. The zero-order chi connectivity index (χ0) is 14.3. The minimum Gasteiger partial charge on any atom is -0.394 e. The highest BCUT2D eigenvalue weighted by Crippen LogP contribution is 2.11. The molecule has 0 aliphatic carbocycles. The van der Waals surface area contributed by atoms with Crippen molar-refractivity contribution in [3.05, 3.63) is 29.8 Å². The summed E-state index contributed by atoms with van der Waals surface area (Å²) in [7, 11) is 0. The molecule has 0 bridgehead atoms. The number of hydrogen-bond donors (Lipinski definition) is 3. The average Bonchev–Trinajstić information content (AvgIpc) is 2.41. The van der Waals surface area contributed by atoms with Crippen LogP contribution in [0.1, 0.15) is 25.8 Å². The van der Waals surface area contributed by atoms with E-state index in [9.17, 15) is 9.90 Å². The summed E-state index contributed by atoms with van der Waals surface area (Å²) < 4.78 is 0. The molecule has 0 saturated carbocycles. The van der Waals surface area contributed by atoms with Crippen molar-refractivity contribution in [2.45, 2.75) is 32.2 Å². The lowest BCUT2D eigenvalue weighted by atomic mass is 10.0. The van der Waals surface area contributed by atoms with Crippen LogP contribution < -0.4 is 10.6 Å². The van der Waals surface area contributed by atoms with E-state index in [2.05, 4.69) is 16.7 Å². The number of rotatable bonds is 5. The first kappa shape index (κ1) is 15.0. The smallest absolute Gasteiger partial charge is 0.319 e. The normalized spacial score (nSPS) is 13.2. The second-order valence-corrected chi connectivity index (χ2v) is 4.68. The second-order valence-electron chi connectivity index (χ2n) is 4.68. The number of anilines is 1. The topological polar surface area (TPSA) is 85.2 Å². The summed E-state index contributed by atoms with van der Waals surface area (Å²) in [6.45, 7) is 3.56. The van der Waals surface area contributed by atoms with Gasteiger partial charge in [-0.3, -0.25) is 0 Å². The van der Waals surface area contributed by atoms with Crippen LogP contribution in [0.2, 0.25) is 0 Å². The van der Waals surface area contributed by atoms with E-state index in [-0.39, 0.29) is 12.6 Å². The lowest BCUT2D eigenvalue weighted by Gasteiger charge is -2.27. The monoisotopic (exact) mass is 261 g/mol. The standard InChI is InChI=1S/C14H19N3O2/c1-3-14(2,10-18)17-13(19)16-12-6-4-11(5-7-12)8-9-15/h4-7,18H,3,8,10H2,1-2H3,(H2,16,17,19). The fraction of sp³-hybridized carbons (Fsp3) is 0.429. The van der Waals surface area contributed by atoms with Crippen molar-refractivity contribution in [3.8, 4) is 6.07 Å². The van der Waals surface area contributed by atoms with Crippen molar-refractivity contribution >= 4 is 11.7 Å². The SMILES string of the molecule is CCC(C)(CO)NC(=O)Nc1ccc(CC#N)cc1. The van der Waals surface area contributed by atoms with Gasteiger partial charge in [-0.15, -0.1) is 0 Å². The molecule has 0 aliphatic rings. The molecule has 0 aliphatic heterocycles. The molecule has 0 heterocycles. The largest absolute Gasteiger partial charge is 0.394 e. The number of carbonyl (C=O) groups is 1. The number of amides is 2. The molecule has 0 radical (unpaired) electrons. The highest BCUT2D eigenvalue weighted by Gasteiger charge is 2.22. The summed E-state index contributed by atoms with van der Waals surface area (Å²) in [5.41, 5.74) is 0.933. The number of aliphatic hydroxyl groups excluding tert-OH is 1. The van der Waals surface area contributed by atoms with Gasteiger partial charge in [0.2, 0.25) is 0 Å². The van der Waals surface area contributed by atoms with E-state index in [0.717, 1.165) is 5.56 Å². The molecule has 1 rings (SSSR count). The van der Waals surface area contributed by atoms with Gasteiger partial charge in [0, 0.05) is 5.69 Å². The van der Waals surface area contributed by atoms with E-state index in [0.29, 0.717) is 18.5 Å². The molecule has 0 fully saturated rings. The molecule has 0 saturated heterocycles. The first-order chi connectivity index (χ1) is 9.03. The molecule has 3 N–H and O–H groups in total. The van der Waals surface area contributed by atoms with Crippen LogP contribution >= 0.6 is 0 Å². The van der Waals surface area contributed by atoms with E-state index < -0.39 is 5.54 Å². The lowest BCUT2D eigenvalue weighted by Crippen LogP contribution is -2.50. The van der Waals surface area contributed by atoms with E-state index >= 15 is 0 Å². The van der Waals surface area contributed by atoms with Crippen molar-refractivity contribution in [1.82, 2.24) is 5.32 Å². The summed E-state index contributed by atoms with van der Waals surface area (Å²) >= 11 is 0. The molecule has 102 valence electrons. The Bertz CT molecular complexity index is 459. The summed E-state index contributed by atoms with van der Waals surface area (Å²) in [6.07, 6.45) is 0.989. The third-order valence-corrected chi connectivity index (χ3v) is 3.04. The predicted molar refractivity (Wildman–Crippen MR) is 73.7 cm³/mol. The van der Waals surface area contributed by atoms with Crippen LogP contribution in [-0.2, 0) is 6.42 Å². The van der Waals surface area contributed by atoms with Crippen molar-refractivity contribution < 1.29 is 9.90 Å². The Morgan fingerprint density at radius 1 is 1.42 bits per heavy atom. The van der Waals surface area contributed by atoms with Crippen molar-refractivity contribution in [3.63, 3.8) is 0 Å². The Labute approximate surface area is 113 Å². The van der Waals surface area contributed by atoms with Gasteiger partial charge in [0.25, 0.3) is 0 Å². The van der Waals surface area contributed by atoms with Gasteiger partial charge in [0.1, 0.15) is 0 Å². The van der Waals surface area contributed by atoms with Gasteiger partial charge in [0.05, 0.1) is 24.6 Å². The van der Waals surface area contributed by atoms with Gasteiger partial charge in [0.15, 0.2) is 0 Å². The average molecular weight is 261 g/mol. The van der Waals surface area contributed by atoms with Gasteiger partial charge >= 0.3 is 6.03 Å². The van der Waals surface area contributed by atoms with Crippen molar-refractivity contribution in [2.24, 2.45) is 0 Å². The van der Waals surface area contributed by atoms with Crippen LogP contribution in [-0.4, -0.2) is 23.3 Å². The van der Waals surface area contributed by atoms with Crippen LogP contribution in [0.4, 0.5) is 10.5 Å². The number of carbonyl (C=O) groups excluding carboxylic acids is 1. The number of benzene rings is 1. The molecular weight excluding hydrogens is 242 g/mol. The molecule has 1 aromatic rings. The Morgan fingerprint density at radius 3 is 2.53 bits per heavy atom.